The molecule has 2 aliphatic heterocycles. The molecule has 6 heteroatoms. The highest BCUT2D eigenvalue weighted by molar-refractivity contribution is 5.94. The highest BCUT2D eigenvalue weighted by atomic mass is 16.2. The van der Waals surface area contributed by atoms with E-state index in [1.54, 1.807) is 0 Å². The fourth-order valence-corrected chi connectivity index (χ4v) is 4.49. The smallest absolute Gasteiger partial charge is 0.255 e. The molecule has 3 aliphatic rings. The number of anilines is 1. The molecule has 2 saturated heterocycles. The second-order valence-electron chi connectivity index (χ2n) is 8.73. The van der Waals surface area contributed by atoms with Crippen molar-refractivity contribution in [2.75, 3.05) is 70.9 Å². The minimum Gasteiger partial charge on any atom is -0.355 e. The van der Waals surface area contributed by atoms with Crippen LogP contribution >= 0.6 is 0 Å². The van der Waals surface area contributed by atoms with Gasteiger partial charge in [0.1, 0.15) is 5.82 Å². The number of amides is 1. The van der Waals surface area contributed by atoms with Crippen LogP contribution in [0.5, 0.6) is 0 Å². The van der Waals surface area contributed by atoms with Gasteiger partial charge in [-0.1, -0.05) is 0 Å². The summed E-state index contributed by atoms with van der Waals surface area (Å²) >= 11 is 0. The lowest BCUT2D eigenvalue weighted by Crippen LogP contribution is -2.47. The van der Waals surface area contributed by atoms with Gasteiger partial charge >= 0.3 is 0 Å². The van der Waals surface area contributed by atoms with E-state index in [9.17, 15) is 4.79 Å². The van der Waals surface area contributed by atoms with Crippen molar-refractivity contribution in [2.45, 2.75) is 12.8 Å². The standard InChI is InChI=1S/C22H31N5O/c1-23-8-12-26(13-9-23)22(28)19-4-5-20-6-7-21(27(20)17-19)25-14-10-24(11-15-25)16-18-2-3-18/h4-7,17-18H,2-3,8-16H2,1H3. The molecule has 6 nitrogen and oxygen atoms in total. The summed E-state index contributed by atoms with van der Waals surface area (Å²) in [6, 6.07) is 8.43. The monoisotopic (exact) mass is 381 g/mol. The highest BCUT2D eigenvalue weighted by Gasteiger charge is 2.27. The van der Waals surface area contributed by atoms with Gasteiger partial charge in [-0.3, -0.25) is 9.69 Å². The third kappa shape index (κ3) is 3.63. The summed E-state index contributed by atoms with van der Waals surface area (Å²) in [6.07, 6.45) is 4.89. The second kappa shape index (κ2) is 7.41. The number of hydrogen-bond acceptors (Lipinski definition) is 4. The van der Waals surface area contributed by atoms with Gasteiger partial charge in [0.2, 0.25) is 0 Å². The first-order valence-electron chi connectivity index (χ1n) is 10.7. The molecule has 0 unspecified atom stereocenters. The third-order valence-corrected chi connectivity index (χ3v) is 6.58. The molecule has 28 heavy (non-hydrogen) atoms. The lowest BCUT2D eigenvalue weighted by Gasteiger charge is -2.36. The number of rotatable bonds is 4. The van der Waals surface area contributed by atoms with Gasteiger partial charge in [-0.2, -0.15) is 0 Å². The Labute approximate surface area is 167 Å². The number of carbonyl (C=O) groups excluding carboxylic acids is 1. The van der Waals surface area contributed by atoms with Crippen LogP contribution in [0.4, 0.5) is 5.82 Å². The van der Waals surface area contributed by atoms with E-state index in [-0.39, 0.29) is 5.91 Å². The molecule has 1 amide bonds. The average molecular weight is 382 g/mol. The summed E-state index contributed by atoms with van der Waals surface area (Å²) in [6.45, 7) is 9.23. The molecule has 0 atom stereocenters. The Balaban J connectivity index is 1.31. The van der Waals surface area contributed by atoms with Crippen molar-refractivity contribution in [1.82, 2.24) is 19.1 Å². The van der Waals surface area contributed by atoms with Gasteiger partial charge < -0.3 is 19.1 Å². The largest absolute Gasteiger partial charge is 0.355 e. The summed E-state index contributed by atoms with van der Waals surface area (Å²) in [5.74, 6) is 2.34. The molecule has 0 bridgehead atoms. The van der Waals surface area contributed by atoms with Gasteiger partial charge in [-0.05, 0) is 50.1 Å². The van der Waals surface area contributed by atoms with E-state index in [0.29, 0.717) is 0 Å². The molecule has 2 aromatic heterocycles. The molecule has 150 valence electrons. The van der Waals surface area contributed by atoms with Gasteiger partial charge in [0, 0.05) is 70.6 Å². The first-order chi connectivity index (χ1) is 13.7. The van der Waals surface area contributed by atoms with Crippen LogP contribution in [0, 0.1) is 5.92 Å². The Hall–Kier alpha value is -2.05. The minimum atomic E-state index is 0.156. The van der Waals surface area contributed by atoms with Crippen molar-refractivity contribution in [1.29, 1.82) is 0 Å². The molecular formula is C22H31N5O. The van der Waals surface area contributed by atoms with Crippen LogP contribution in [0.15, 0.2) is 30.5 Å². The summed E-state index contributed by atoms with van der Waals surface area (Å²) < 4.78 is 2.21. The maximum Gasteiger partial charge on any atom is 0.255 e. The van der Waals surface area contributed by atoms with E-state index in [0.717, 1.165) is 69.4 Å². The van der Waals surface area contributed by atoms with Gasteiger partial charge in [-0.15, -0.1) is 0 Å². The lowest BCUT2D eigenvalue weighted by molar-refractivity contribution is 0.0663. The fraction of sp³-hybridized carbons (Fsp3) is 0.591. The molecule has 2 aromatic rings. The van der Waals surface area contributed by atoms with Crippen LogP contribution in [0.1, 0.15) is 23.2 Å². The fourth-order valence-electron chi connectivity index (χ4n) is 4.49. The van der Waals surface area contributed by atoms with Crippen molar-refractivity contribution in [2.24, 2.45) is 5.92 Å². The first-order valence-corrected chi connectivity index (χ1v) is 10.7. The lowest BCUT2D eigenvalue weighted by atomic mass is 10.2. The first kappa shape index (κ1) is 18.0. The van der Waals surface area contributed by atoms with E-state index in [2.05, 4.69) is 44.3 Å². The van der Waals surface area contributed by atoms with E-state index in [1.807, 2.05) is 17.2 Å². The zero-order chi connectivity index (χ0) is 19.1. The SMILES string of the molecule is CN1CCN(C(=O)c2ccc3ccc(N4CCN(CC5CC5)CC4)n3c2)CC1. The Kier molecular flexibility index (Phi) is 4.77. The van der Waals surface area contributed by atoms with Crippen molar-refractivity contribution in [3.05, 3.63) is 36.0 Å². The molecule has 1 aliphatic carbocycles. The zero-order valence-corrected chi connectivity index (χ0v) is 16.9. The number of piperazine rings is 2. The van der Waals surface area contributed by atoms with Gasteiger partial charge in [-0.25, -0.2) is 0 Å². The van der Waals surface area contributed by atoms with E-state index in [1.165, 1.54) is 25.2 Å². The van der Waals surface area contributed by atoms with Crippen molar-refractivity contribution in [3.8, 4) is 0 Å². The number of pyridine rings is 1. The molecule has 5 rings (SSSR count). The molecular weight excluding hydrogens is 350 g/mol. The van der Waals surface area contributed by atoms with Crippen LogP contribution < -0.4 is 4.90 Å². The number of fused-ring (bicyclic) bond motifs is 1. The van der Waals surface area contributed by atoms with Gasteiger partial charge in [0.15, 0.2) is 0 Å². The number of nitrogens with zero attached hydrogens (tertiary/aromatic N) is 5. The topological polar surface area (TPSA) is 34.4 Å². The van der Waals surface area contributed by atoms with Crippen LogP contribution in [0.2, 0.25) is 0 Å². The molecule has 1 saturated carbocycles. The van der Waals surface area contributed by atoms with Crippen molar-refractivity contribution in [3.63, 3.8) is 0 Å². The van der Waals surface area contributed by atoms with E-state index >= 15 is 0 Å². The Morgan fingerprint density at radius 3 is 2.36 bits per heavy atom. The summed E-state index contributed by atoms with van der Waals surface area (Å²) in [5, 5.41) is 0. The van der Waals surface area contributed by atoms with Gasteiger partial charge in [0.05, 0.1) is 5.56 Å². The van der Waals surface area contributed by atoms with E-state index in [4.69, 9.17) is 0 Å². The molecule has 0 radical (unpaired) electrons. The number of carbonyl (C=O) groups is 1. The third-order valence-electron chi connectivity index (χ3n) is 6.58. The van der Waals surface area contributed by atoms with Crippen LogP contribution in [0.25, 0.3) is 5.52 Å². The summed E-state index contributed by atoms with van der Waals surface area (Å²) in [7, 11) is 2.12. The minimum absolute atomic E-state index is 0.156. The Morgan fingerprint density at radius 1 is 0.929 bits per heavy atom. The van der Waals surface area contributed by atoms with Crippen LogP contribution in [-0.4, -0.2) is 91.0 Å². The van der Waals surface area contributed by atoms with Crippen molar-refractivity contribution < 1.29 is 4.79 Å². The number of likely N-dealkylation sites (N-methyl/N-ethyl adjacent to an activating group) is 1. The quantitative estimate of drug-likeness (QED) is 0.810. The van der Waals surface area contributed by atoms with Gasteiger partial charge in [0.25, 0.3) is 5.91 Å². The number of aromatic nitrogens is 1. The Morgan fingerprint density at radius 2 is 1.64 bits per heavy atom. The number of hydrogen-bond donors (Lipinski definition) is 0. The molecule has 0 N–H and O–H groups in total. The predicted molar refractivity (Wildman–Crippen MR) is 112 cm³/mol. The Bertz CT molecular complexity index is 842. The van der Waals surface area contributed by atoms with Crippen LogP contribution in [-0.2, 0) is 0 Å². The summed E-state index contributed by atoms with van der Waals surface area (Å²) in [4.78, 5) is 22.3. The molecule has 0 aromatic carbocycles. The van der Waals surface area contributed by atoms with E-state index < -0.39 is 0 Å². The molecule has 0 spiro atoms. The molecule has 3 fully saturated rings. The maximum absolute atomic E-state index is 13.0. The normalized spacial score (nSPS) is 22.2. The van der Waals surface area contributed by atoms with Crippen molar-refractivity contribution >= 4 is 17.2 Å². The predicted octanol–water partition coefficient (Wildman–Crippen LogP) is 1.86. The highest BCUT2D eigenvalue weighted by Crippen LogP contribution is 2.30. The molecule has 4 heterocycles. The second-order valence-corrected chi connectivity index (χ2v) is 8.73. The van der Waals surface area contributed by atoms with Crippen LogP contribution in [0.3, 0.4) is 0 Å². The average Bonchev–Trinajstić information content (AvgIpc) is 3.44. The maximum atomic E-state index is 13.0. The zero-order valence-electron chi connectivity index (χ0n) is 16.9. The summed E-state index contributed by atoms with van der Waals surface area (Å²) in [5.41, 5.74) is 1.95.